The Kier molecular flexibility index (Phi) is 3.73. The Morgan fingerprint density at radius 3 is 2.56 bits per heavy atom. The van der Waals surface area contributed by atoms with Crippen molar-refractivity contribution in [2.24, 2.45) is 4.99 Å². The highest BCUT2D eigenvalue weighted by Gasteiger charge is 2.02. The fourth-order valence-corrected chi connectivity index (χ4v) is 2.01. The minimum Gasteiger partial charge on any atom is -0.264 e. The molecule has 0 N–H and O–H groups in total. The van der Waals surface area contributed by atoms with E-state index >= 15 is 0 Å². The van der Waals surface area contributed by atoms with E-state index in [0.717, 1.165) is 17.7 Å². The summed E-state index contributed by atoms with van der Waals surface area (Å²) in [5, 5.41) is 0. The van der Waals surface area contributed by atoms with Crippen LogP contribution in [0.25, 0.3) is 17.2 Å². The summed E-state index contributed by atoms with van der Waals surface area (Å²) in [4.78, 5) is 3.99. The van der Waals surface area contributed by atoms with Crippen molar-refractivity contribution < 1.29 is 0 Å². The third-order valence-corrected chi connectivity index (χ3v) is 3.09. The van der Waals surface area contributed by atoms with Gasteiger partial charge in [-0.3, -0.25) is 4.99 Å². The van der Waals surface area contributed by atoms with Crippen LogP contribution in [0.3, 0.4) is 0 Å². The van der Waals surface area contributed by atoms with Crippen LogP contribution in [0.2, 0.25) is 0 Å². The SMILES string of the molecule is C=Cc1cc(-c2cccc(CC)c2)ccc1N=C. The Labute approximate surface area is 109 Å². The summed E-state index contributed by atoms with van der Waals surface area (Å²) in [7, 11) is 0. The van der Waals surface area contributed by atoms with Gasteiger partial charge in [-0.1, -0.05) is 49.9 Å². The lowest BCUT2D eigenvalue weighted by Gasteiger charge is -2.07. The average molecular weight is 235 g/mol. The number of aryl methyl sites for hydroxylation is 1. The molecular formula is C17H17N. The minimum atomic E-state index is 0.875. The zero-order valence-corrected chi connectivity index (χ0v) is 10.7. The molecular weight excluding hydrogens is 218 g/mol. The normalized spacial score (nSPS) is 10.1. The molecule has 18 heavy (non-hydrogen) atoms. The van der Waals surface area contributed by atoms with Crippen LogP contribution in [0.5, 0.6) is 0 Å². The van der Waals surface area contributed by atoms with Gasteiger partial charge in [0.1, 0.15) is 0 Å². The first kappa shape index (κ1) is 12.3. The topological polar surface area (TPSA) is 12.4 Å². The van der Waals surface area contributed by atoms with Gasteiger partial charge in [0.05, 0.1) is 5.69 Å². The van der Waals surface area contributed by atoms with E-state index in [1.807, 2.05) is 12.1 Å². The van der Waals surface area contributed by atoms with E-state index in [2.05, 4.69) is 61.6 Å². The first-order chi connectivity index (χ1) is 8.78. The molecule has 0 radical (unpaired) electrons. The van der Waals surface area contributed by atoms with E-state index < -0.39 is 0 Å². The Hall–Kier alpha value is -2.15. The number of hydrogen-bond donors (Lipinski definition) is 0. The average Bonchev–Trinajstić information content (AvgIpc) is 2.46. The molecule has 0 unspecified atom stereocenters. The third-order valence-electron chi connectivity index (χ3n) is 3.09. The van der Waals surface area contributed by atoms with Crippen molar-refractivity contribution in [2.75, 3.05) is 0 Å². The molecule has 0 saturated heterocycles. The maximum Gasteiger partial charge on any atom is 0.0694 e. The first-order valence-electron chi connectivity index (χ1n) is 6.11. The molecule has 0 aliphatic carbocycles. The van der Waals surface area contributed by atoms with Gasteiger partial charge >= 0.3 is 0 Å². The molecule has 0 spiro atoms. The van der Waals surface area contributed by atoms with Crippen LogP contribution in [-0.2, 0) is 6.42 Å². The van der Waals surface area contributed by atoms with Gasteiger partial charge in [-0.05, 0) is 42.0 Å². The maximum atomic E-state index is 3.99. The van der Waals surface area contributed by atoms with Crippen LogP contribution in [0.15, 0.2) is 54.0 Å². The Balaban J connectivity index is 2.50. The fourth-order valence-electron chi connectivity index (χ4n) is 2.01. The lowest BCUT2D eigenvalue weighted by Crippen LogP contribution is -1.84. The molecule has 0 saturated carbocycles. The number of hydrogen-bond acceptors (Lipinski definition) is 1. The molecule has 0 fully saturated rings. The number of nitrogens with zero attached hydrogens (tertiary/aromatic N) is 1. The van der Waals surface area contributed by atoms with E-state index in [1.54, 1.807) is 0 Å². The summed E-state index contributed by atoms with van der Waals surface area (Å²) in [5.41, 5.74) is 5.66. The maximum absolute atomic E-state index is 3.99. The predicted molar refractivity (Wildman–Crippen MR) is 80.6 cm³/mol. The molecule has 2 aromatic rings. The van der Waals surface area contributed by atoms with E-state index in [9.17, 15) is 0 Å². The van der Waals surface area contributed by atoms with Crippen molar-refractivity contribution >= 4 is 18.5 Å². The van der Waals surface area contributed by atoms with Crippen molar-refractivity contribution in [3.8, 4) is 11.1 Å². The second-order valence-electron chi connectivity index (χ2n) is 4.19. The zero-order chi connectivity index (χ0) is 13.0. The van der Waals surface area contributed by atoms with Crippen LogP contribution >= 0.6 is 0 Å². The van der Waals surface area contributed by atoms with Gasteiger partial charge in [-0.2, -0.15) is 0 Å². The van der Waals surface area contributed by atoms with Crippen molar-refractivity contribution in [3.63, 3.8) is 0 Å². The van der Waals surface area contributed by atoms with Gasteiger partial charge in [0.15, 0.2) is 0 Å². The van der Waals surface area contributed by atoms with Crippen molar-refractivity contribution in [1.29, 1.82) is 0 Å². The van der Waals surface area contributed by atoms with Crippen molar-refractivity contribution in [3.05, 3.63) is 60.2 Å². The van der Waals surface area contributed by atoms with Crippen molar-refractivity contribution in [1.82, 2.24) is 0 Å². The third kappa shape index (κ3) is 2.40. The second kappa shape index (κ2) is 5.46. The van der Waals surface area contributed by atoms with Crippen LogP contribution in [0.1, 0.15) is 18.1 Å². The molecule has 0 atom stereocenters. The van der Waals surface area contributed by atoms with Crippen LogP contribution in [0, 0.1) is 0 Å². The Morgan fingerprint density at radius 1 is 1.11 bits per heavy atom. The van der Waals surface area contributed by atoms with Crippen LogP contribution < -0.4 is 0 Å². The molecule has 0 amide bonds. The molecule has 0 heterocycles. The highest BCUT2D eigenvalue weighted by molar-refractivity contribution is 5.74. The molecule has 90 valence electrons. The largest absolute Gasteiger partial charge is 0.264 e. The standard InChI is InChI=1S/C17H17N/c1-4-13-7-6-8-15(11-13)16-9-10-17(18-3)14(5-2)12-16/h5-12H,2-4H2,1H3. The molecule has 2 aromatic carbocycles. The molecule has 0 bridgehead atoms. The van der Waals surface area contributed by atoms with E-state index in [-0.39, 0.29) is 0 Å². The summed E-state index contributed by atoms with van der Waals surface area (Å²) in [6.07, 6.45) is 2.87. The summed E-state index contributed by atoms with van der Waals surface area (Å²) < 4.78 is 0. The first-order valence-corrected chi connectivity index (χ1v) is 6.11. The minimum absolute atomic E-state index is 0.875. The number of aliphatic imine (C=N–C) groups is 1. The smallest absolute Gasteiger partial charge is 0.0694 e. The highest BCUT2D eigenvalue weighted by Crippen LogP contribution is 2.28. The van der Waals surface area contributed by atoms with Crippen molar-refractivity contribution in [2.45, 2.75) is 13.3 Å². The monoisotopic (exact) mass is 235 g/mol. The van der Waals surface area contributed by atoms with Gasteiger partial charge in [0, 0.05) is 5.56 Å². The van der Waals surface area contributed by atoms with Crippen LogP contribution in [-0.4, -0.2) is 6.72 Å². The summed E-state index contributed by atoms with van der Waals surface area (Å²) in [6, 6.07) is 14.8. The molecule has 0 aliphatic heterocycles. The Morgan fingerprint density at radius 2 is 1.89 bits per heavy atom. The molecule has 0 aromatic heterocycles. The summed E-state index contributed by atoms with van der Waals surface area (Å²) >= 11 is 0. The predicted octanol–water partition coefficient (Wildman–Crippen LogP) is 4.89. The molecule has 0 aliphatic rings. The van der Waals surface area contributed by atoms with Gasteiger partial charge in [0.25, 0.3) is 0 Å². The zero-order valence-electron chi connectivity index (χ0n) is 10.7. The highest BCUT2D eigenvalue weighted by atomic mass is 14.7. The Bertz CT molecular complexity index is 582. The van der Waals surface area contributed by atoms with Crippen LogP contribution in [0.4, 0.5) is 5.69 Å². The lowest BCUT2D eigenvalue weighted by molar-refractivity contribution is 1.14. The van der Waals surface area contributed by atoms with Gasteiger partial charge < -0.3 is 0 Å². The molecule has 2 rings (SSSR count). The molecule has 1 nitrogen and oxygen atoms in total. The summed E-state index contributed by atoms with van der Waals surface area (Å²) in [5.74, 6) is 0. The van der Waals surface area contributed by atoms with Gasteiger partial charge in [0.2, 0.25) is 0 Å². The fraction of sp³-hybridized carbons (Fsp3) is 0.118. The lowest BCUT2D eigenvalue weighted by atomic mass is 9.99. The van der Waals surface area contributed by atoms with Gasteiger partial charge in [-0.15, -0.1) is 0 Å². The van der Waals surface area contributed by atoms with E-state index in [0.29, 0.717) is 0 Å². The van der Waals surface area contributed by atoms with E-state index in [4.69, 9.17) is 0 Å². The number of rotatable bonds is 4. The van der Waals surface area contributed by atoms with Gasteiger partial charge in [-0.25, -0.2) is 0 Å². The summed E-state index contributed by atoms with van der Waals surface area (Å²) in [6.45, 7) is 9.56. The molecule has 1 heteroatoms. The quantitative estimate of drug-likeness (QED) is 0.669. The van der Waals surface area contributed by atoms with E-state index in [1.165, 1.54) is 16.7 Å². The second-order valence-corrected chi connectivity index (χ2v) is 4.19. The number of benzene rings is 2.